The van der Waals surface area contributed by atoms with Crippen molar-refractivity contribution in [2.75, 3.05) is 24.4 Å². The third kappa shape index (κ3) is 5.94. The van der Waals surface area contributed by atoms with Crippen LogP contribution in [-0.4, -0.2) is 54.8 Å². The van der Waals surface area contributed by atoms with Crippen LogP contribution in [0.2, 0.25) is 0 Å². The fraction of sp³-hybridized carbons (Fsp3) is 0.267. The fourth-order valence-electron chi connectivity index (χ4n) is 5.03. The maximum absolute atomic E-state index is 13.5. The number of carbonyl (C=O) groups is 1. The Morgan fingerprint density at radius 1 is 1.00 bits per heavy atom. The number of nitrogens with zero attached hydrogens (tertiary/aromatic N) is 3. The molecule has 0 aliphatic carbocycles. The summed E-state index contributed by atoms with van der Waals surface area (Å²) in [5.41, 5.74) is 2.31. The molecule has 4 aromatic rings. The molecule has 1 fully saturated rings. The minimum atomic E-state index is -3.88. The summed E-state index contributed by atoms with van der Waals surface area (Å²) in [7, 11) is -3.88. The number of hydrogen-bond acceptors (Lipinski definition) is 5. The van der Waals surface area contributed by atoms with Gasteiger partial charge in [-0.25, -0.2) is 12.8 Å². The van der Waals surface area contributed by atoms with Gasteiger partial charge in [0.05, 0.1) is 5.52 Å². The van der Waals surface area contributed by atoms with Gasteiger partial charge in [0.25, 0.3) is 15.9 Å². The van der Waals surface area contributed by atoms with Crippen molar-refractivity contribution < 1.29 is 17.6 Å². The Hall–Kier alpha value is -3.82. The second kappa shape index (κ2) is 11.1. The summed E-state index contributed by atoms with van der Waals surface area (Å²) in [5, 5.41) is 0.735. The van der Waals surface area contributed by atoms with E-state index in [1.54, 1.807) is 54.7 Å². The standard InChI is InChI=1S/C30H31FN4O3S/c1-21(2)27-20-34(19-22-8-12-25(31)13-9-22)17-18-35(27)30(36)24-10-14-26(15-11-24)33-39(37,38)28-7-3-5-23-6-4-16-32-29(23)28/h3-16,21,27,33H,17-20H2,1-2H3. The van der Waals surface area contributed by atoms with Crippen molar-refractivity contribution in [2.24, 2.45) is 5.92 Å². The van der Waals surface area contributed by atoms with Gasteiger partial charge in [-0.3, -0.25) is 19.4 Å². The zero-order valence-corrected chi connectivity index (χ0v) is 22.7. The maximum Gasteiger partial charge on any atom is 0.264 e. The minimum Gasteiger partial charge on any atom is -0.333 e. The first-order valence-corrected chi connectivity index (χ1v) is 14.4. The van der Waals surface area contributed by atoms with Crippen LogP contribution in [0.15, 0.2) is 90.0 Å². The first-order chi connectivity index (χ1) is 18.7. The number of hydrogen-bond donors (Lipinski definition) is 1. The monoisotopic (exact) mass is 546 g/mol. The number of nitrogens with one attached hydrogen (secondary N) is 1. The average Bonchev–Trinajstić information content (AvgIpc) is 2.94. The van der Waals surface area contributed by atoms with Crippen molar-refractivity contribution in [1.29, 1.82) is 0 Å². The normalized spacial score (nSPS) is 16.5. The highest BCUT2D eigenvalue weighted by Crippen LogP contribution is 2.25. The topological polar surface area (TPSA) is 82.6 Å². The highest BCUT2D eigenvalue weighted by Gasteiger charge is 2.33. The van der Waals surface area contributed by atoms with Crippen LogP contribution in [0.4, 0.5) is 10.1 Å². The van der Waals surface area contributed by atoms with Gasteiger partial charge < -0.3 is 4.90 Å². The molecule has 3 aromatic carbocycles. The third-order valence-corrected chi connectivity index (χ3v) is 8.53. The molecule has 0 saturated carbocycles. The third-order valence-electron chi connectivity index (χ3n) is 7.12. The average molecular weight is 547 g/mol. The van der Waals surface area contributed by atoms with Gasteiger partial charge in [0, 0.05) is 55.1 Å². The van der Waals surface area contributed by atoms with Crippen LogP contribution in [-0.2, 0) is 16.6 Å². The number of amides is 1. The summed E-state index contributed by atoms with van der Waals surface area (Å²) in [6.07, 6.45) is 1.56. The van der Waals surface area contributed by atoms with Gasteiger partial charge in [-0.05, 0) is 60.0 Å². The number of fused-ring (bicyclic) bond motifs is 1. The lowest BCUT2D eigenvalue weighted by molar-refractivity contribution is 0.0328. The second-order valence-electron chi connectivity index (χ2n) is 10.2. The Morgan fingerprint density at radius 3 is 2.44 bits per heavy atom. The number of carbonyl (C=O) groups excluding carboxylic acids is 1. The number of pyridine rings is 1. The largest absolute Gasteiger partial charge is 0.333 e. The Labute approximate surface area is 228 Å². The maximum atomic E-state index is 13.5. The van der Waals surface area contributed by atoms with E-state index in [1.807, 2.05) is 17.0 Å². The molecule has 9 heteroatoms. The van der Waals surface area contributed by atoms with Crippen molar-refractivity contribution in [1.82, 2.24) is 14.8 Å². The first kappa shape index (κ1) is 26.8. The number of aromatic nitrogens is 1. The van der Waals surface area contributed by atoms with E-state index in [9.17, 15) is 17.6 Å². The molecule has 0 radical (unpaired) electrons. The predicted octanol–water partition coefficient (Wildman–Crippen LogP) is 5.16. The van der Waals surface area contributed by atoms with Gasteiger partial charge in [0.2, 0.25) is 0 Å². The van der Waals surface area contributed by atoms with E-state index in [4.69, 9.17) is 0 Å². The molecule has 1 unspecified atom stereocenters. The summed E-state index contributed by atoms with van der Waals surface area (Å²) >= 11 is 0. The molecule has 39 heavy (non-hydrogen) atoms. The SMILES string of the molecule is CC(C)C1CN(Cc2ccc(F)cc2)CCN1C(=O)c1ccc(NS(=O)(=O)c2cccc3cccnc23)cc1. The van der Waals surface area contributed by atoms with Crippen LogP contribution in [0, 0.1) is 11.7 Å². The Morgan fingerprint density at radius 2 is 1.72 bits per heavy atom. The van der Waals surface area contributed by atoms with E-state index in [0.29, 0.717) is 36.4 Å². The van der Waals surface area contributed by atoms with Gasteiger partial charge in [-0.2, -0.15) is 0 Å². The van der Waals surface area contributed by atoms with Crippen LogP contribution in [0.3, 0.4) is 0 Å². The van der Waals surface area contributed by atoms with Crippen molar-refractivity contribution >= 4 is 32.5 Å². The molecule has 0 spiro atoms. The summed E-state index contributed by atoms with van der Waals surface area (Å²) in [6.45, 7) is 6.91. The van der Waals surface area contributed by atoms with E-state index in [-0.39, 0.29) is 28.6 Å². The summed E-state index contributed by atoms with van der Waals surface area (Å²) in [4.78, 5) is 22.0. The van der Waals surface area contributed by atoms with Gasteiger partial charge in [0.15, 0.2) is 0 Å². The first-order valence-electron chi connectivity index (χ1n) is 13.0. The highest BCUT2D eigenvalue weighted by molar-refractivity contribution is 7.93. The molecule has 7 nitrogen and oxygen atoms in total. The van der Waals surface area contributed by atoms with Gasteiger partial charge in [0.1, 0.15) is 10.7 Å². The molecule has 1 saturated heterocycles. The van der Waals surface area contributed by atoms with Crippen LogP contribution >= 0.6 is 0 Å². The number of para-hydroxylation sites is 1. The van der Waals surface area contributed by atoms with Crippen molar-refractivity contribution in [3.05, 3.63) is 102 Å². The molecule has 5 rings (SSSR count). The lowest BCUT2D eigenvalue weighted by Gasteiger charge is -2.43. The molecule has 1 aromatic heterocycles. The molecular formula is C30H31FN4O3S. The molecule has 0 bridgehead atoms. The van der Waals surface area contributed by atoms with Crippen molar-refractivity contribution in [2.45, 2.75) is 31.3 Å². The number of rotatable bonds is 7. The summed E-state index contributed by atoms with van der Waals surface area (Å²) in [6, 6.07) is 21.7. The highest BCUT2D eigenvalue weighted by atomic mass is 32.2. The van der Waals surface area contributed by atoms with Gasteiger partial charge in [-0.1, -0.05) is 44.2 Å². The smallest absolute Gasteiger partial charge is 0.264 e. The number of piperazine rings is 1. The number of benzene rings is 3. The minimum absolute atomic E-state index is 0.0174. The van der Waals surface area contributed by atoms with Crippen LogP contribution in [0.5, 0.6) is 0 Å². The molecule has 202 valence electrons. The number of halogens is 1. The zero-order valence-electron chi connectivity index (χ0n) is 21.9. The lowest BCUT2D eigenvalue weighted by Crippen LogP contribution is -2.56. The van der Waals surface area contributed by atoms with E-state index >= 15 is 0 Å². The number of anilines is 1. The second-order valence-corrected chi connectivity index (χ2v) is 11.8. The fourth-order valence-corrected chi connectivity index (χ4v) is 6.27. The molecule has 1 amide bonds. The number of sulfonamides is 1. The van der Waals surface area contributed by atoms with Crippen LogP contribution < -0.4 is 4.72 Å². The van der Waals surface area contributed by atoms with Crippen molar-refractivity contribution in [3.8, 4) is 0 Å². The summed E-state index contributed by atoms with van der Waals surface area (Å²) in [5.74, 6) is -0.0910. The van der Waals surface area contributed by atoms with Crippen LogP contribution in [0.25, 0.3) is 10.9 Å². The van der Waals surface area contributed by atoms with Gasteiger partial charge in [-0.15, -0.1) is 0 Å². The lowest BCUT2D eigenvalue weighted by atomic mass is 9.98. The quantitative estimate of drug-likeness (QED) is 0.346. The van der Waals surface area contributed by atoms with E-state index < -0.39 is 10.0 Å². The van der Waals surface area contributed by atoms with E-state index in [2.05, 4.69) is 28.5 Å². The van der Waals surface area contributed by atoms with E-state index in [1.165, 1.54) is 18.2 Å². The molecule has 1 aliphatic heterocycles. The molecular weight excluding hydrogens is 515 g/mol. The zero-order chi connectivity index (χ0) is 27.6. The molecule has 1 atom stereocenters. The van der Waals surface area contributed by atoms with Crippen molar-refractivity contribution in [3.63, 3.8) is 0 Å². The Kier molecular flexibility index (Phi) is 7.63. The molecule has 1 aliphatic rings. The van der Waals surface area contributed by atoms with E-state index in [0.717, 1.165) is 17.5 Å². The van der Waals surface area contributed by atoms with Gasteiger partial charge >= 0.3 is 0 Å². The van der Waals surface area contributed by atoms with Crippen LogP contribution in [0.1, 0.15) is 29.8 Å². The summed E-state index contributed by atoms with van der Waals surface area (Å²) < 4.78 is 42.1. The molecule has 1 N–H and O–H groups in total. The Balaban J connectivity index is 1.28. The molecule has 2 heterocycles. The predicted molar refractivity (Wildman–Crippen MR) is 150 cm³/mol. The Bertz CT molecular complexity index is 1570.